The SMILES string of the molecule is Cc1cc[c-]c2ncsc12.[V]. The van der Waals surface area contributed by atoms with Crippen molar-refractivity contribution in [1.29, 1.82) is 0 Å². The summed E-state index contributed by atoms with van der Waals surface area (Å²) in [5.41, 5.74) is 4.13. The van der Waals surface area contributed by atoms with E-state index in [0.717, 1.165) is 5.52 Å². The van der Waals surface area contributed by atoms with E-state index >= 15 is 0 Å². The molecule has 1 nitrogen and oxygen atoms in total. The first-order chi connectivity index (χ1) is 4.88. The average Bonchev–Trinajstić information content (AvgIpc) is 2.36. The number of aryl methyl sites for hydroxylation is 1. The molecule has 1 heterocycles. The summed E-state index contributed by atoms with van der Waals surface area (Å²) in [7, 11) is 0. The number of fused-ring (bicyclic) bond motifs is 1. The Morgan fingerprint density at radius 2 is 2.36 bits per heavy atom. The van der Waals surface area contributed by atoms with Crippen LogP contribution >= 0.6 is 11.3 Å². The Labute approximate surface area is 81.3 Å². The van der Waals surface area contributed by atoms with E-state index in [1.54, 1.807) is 11.3 Å². The van der Waals surface area contributed by atoms with Crippen molar-refractivity contribution in [3.63, 3.8) is 0 Å². The molecule has 0 bridgehead atoms. The van der Waals surface area contributed by atoms with Crippen LogP contribution in [0.1, 0.15) is 5.56 Å². The van der Waals surface area contributed by atoms with Gasteiger partial charge in [-0.05, 0) is 5.52 Å². The number of rotatable bonds is 0. The number of thiazole rings is 1. The number of benzene rings is 1. The van der Waals surface area contributed by atoms with E-state index in [0.29, 0.717) is 0 Å². The van der Waals surface area contributed by atoms with Crippen LogP contribution in [0.4, 0.5) is 0 Å². The minimum atomic E-state index is 0. The predicted octanol–water partition coefficient (Wildman–Crippen LogP) is 2.40. The van der Waals surface area contributed by atoms with Gasteiger partial charge in [0.25, 0.3) is 0 Å². The molecule has 0 saturated carbocycles. The van der Waals surface area contributed by atoms with Crippen molar-refractivity contribution in [1.82, 2.24) is 4.98 Å². The second kappa shape index (κ2) is 3.39. The molecule has 1 aromatic heterocycles. The van der Waals surface area contributed by atoms with Crippen molar-refractivity contribution in [3.8, 4) is 0 Å². The maximum absolute atomic E-state index is 4.14. The molecule has 0 aliphatic rings. The van der Waals surface area contributed by atoms with E-state index in [4.69, 9.17) is 0 Å². The topological polar surface area (TPSA) is 12.9 Å². The van der Waals surface area contributed by atoms with Crippen molar-refractivity contribution in [2.24, 2.45) is 0 Å². The summed E-state index contributed by atoms with van der Waals surface area (Å²) in [6, 6.07) is 7.04. The molecule has 1 radical (unpaired) electrons. The van der Waals surface area contributed by atoms with E-state index < -0.39 is 0 Å². The fourth-order valence-electron chi connectivity index (χ4n) is 0.950. The second-order valence-electron chi connectivity index (χ2n) is 2.19. The molecule has 0 saturated heterocycles. The largest absolute Gasteiger partial charge is 0.272 e. The summed E-state index contributed by atoms with van der Waals surface area (Å²) < 4.78 is 1.25. The second-order valence-corrected chi connectivity index (χ2v) is 3.05. The van der Waals surface area contributed by atoms with E-state index in [-0.39, 0.29) is 18.6 Å². The summed E-state index contributed by atoms with van der Waals surface area (Å²) in [6.07, 6.45) is 0. The zero-order valence-electron chi connectivity index (χ0n) is 6.03. The summed E-state index contributed by atoms with van der Waals surface area (Å²) in [4.78, 5) is 4.14. The van der Waals surface area contributed by atoms with Gasteiger partial charge in [-0.15, -0.1) is 5.56 Å². The summed E-state index contributed by atoms with van der Waals surface area (Å²) in [5, 5.41) is 0. The third kappa shape index (κ3) is 1.48. The Bertz CT molecular complexity index is 356. The molecule has 0 aliphatic carbocycles. The molecular weight excluding hydrogens is 193 g/mol. The van der Waals surface area contributed by atoms with Crippen LogP contribution in [0.2, 0.25) is 0 Å². The average molecular weight is 199 g/mol. The zero-order valence-corrected chi connectivity index (χ0v) is 8.25. The molecule has 0 aliphatic heterocycles. The van der Waals surface area contributed by atoms with Crippen molar-refractivity contribution < 1.29 is 18.6 Å². The number of nitrogens with zero attached hydrogens (tertiary/aromatic N) is 1. The van der Waals surface area contributed by atoms with Crippen LogP contribution in [-0.2, 0) is 18.6 Å². The van der Waals surface area contributed by atoms with Gasteiger partial charge in [-0.25, -0.2) is 0 Å². The van der Waals surface area contributed by atoms with Crippen LogP contribution in [0.5, 0.6) is 0 Å². The minimum Gasteiger partial charge on any atom is -0.272 e. The molecule has 0 amide bonds. The normalized spacial score (nSPS) is 9.55. The number of hydrogen-bond donors (Lipinski definition) is 0. The molecule has 0 fully saturated rings. The number of aromatic nitrogens is 1. The Morgan fingerprint density at radius 1 is 1.55 bits per heavy atom. The van der Waals surface area contributed by atoms with Gasteiger partial charge < -0.3 is 0 Å². The molecule has 0 atom stereocenters. The van der Waals surface area contributed by atoms with Gasteiger partial charge in [0.1, 0.15) is 0 Å². The summed E-state index contributed by atoms with van der Waals surface area (Å²) in [5.74, 6) is 0. The third-order valence-corrected chi connectivity index (χ3v) is 2.44. The molecule has 0 N–H and O–H groups in total. The first kappa shape index (κ1) is 8.79. The van der Waals surface area contributed by atoms with Crippen LogP contribution in [-0.4, -0.2) is 4.98 Å². The van der Waals surface area contributed by atoms with Gasteiger partial charge in [-0.3, -0.25) is 4.98 Å². The van der Waals surface area contributed by atoms with Crippen molar-refractivity contribution >= 4 is 21.6 Å². The van der Waals surface area contributed by atoms with Gasteiger partial charge in [-0.1, -0.05) is 11.6 Å². The van der Waals surface area contributed by atoms with E-state index in [1.807, 2.05) is 11.6 Å². The van der Waals surface area contributed by atoms with Crippen LogP contribution in [0.25, 0.3) is 10.2 Å². The zero-order chi connectivity index (χ0) is 6.97. The van der Waals surface area contributed by atoms with Crippen LogP contribution < -0.4 is 0 Å². The first-order valence-electron chi connectivity index (χ1n) is 3.08. The van der Waals surface area contributed by atoms with Gasteiger partial charge in [0.15, 0.2) is 0 Å². The standard InChI is InChI=1S/C8H6NS.V/c1-6-3-2-4-7-8(6)10-5-9-7;/h2-3,5H,1H3;/q-1;. The minimum absolute atomic E-state index is 0. The fourth-order valence-corrected chi connectivity index (χ4v) is 1.69. The van der Waals surface area contributed by atoms with Crippen LogP contribution in [0.15, 0.2) is 17.6 Å². The quantitative estimate of drug-likeness (QED) is 0.593. The molecule has 2 rings (SSSR count). The number of hydrogen-bond acceptors (Lipinski definition) is 2. The van der Waals surface area contributed by atoms with E-state index in [1.165, 1.54) is 10.3 Å². The predicted molar refractivity (Wildman–Crippen MR) is 43.2 cm³/mol. The maximum atomic E-state index is 4.14. The monoisotopic (exact) mass is 199 g/mol. The van der Waals surface area contributed by atoms with E-state index in [2.05, 4.69) is 24.0 Å². The van der Waals surface area contributed by atoms with Crippen molar-refractivity contribution in [2.75, 3.05) is 0 Å². The van der Waals surface area contributed by atoms with Crippen molar-refractivity contribution in [2.45, 2.75) is 6.92 Å². The Hall–Kier alpha value is -0.306. The summed E-state index contributed by atoms with van der Waals surface area (Å²) in [6.45, 7) is 2.09. The summed E-state index contributed by atoms with van der Waals surface area (Å²) >= 11 is 1.67. The molecule has 2 aromatic rings. The van der Waals surface area contributed by atoms with Crippen LogP contribution in [0, 0.1) is 13.0 Å². The molecule has 1 aromatic carbocycles. The molecule has 3 heteroatoms. The van der Waals surface area contributed by atoms with Crippen molar-refractivity contribution in [3.05, 3.63) is 29.3 Å². The van der Waals surface area contributed by atoms with Gasteiger partial charge in [0.2, 0.25) is 0 Å². The third-order valence-electron chi connectivity index (χ3n) is 1.48. The molecule has 55 valence electrons. The van der Waals surface area contributed by atoms with Gasteiger partial charge >= 0.3 is 0 Å². The Balaban J connectivity index is 0.000000605. The molecule has 0 spiro atoms. The van der Waals surface area contributed by atoms with E-state index in [9.17, 15) is 0 Å². The first-order valence-corrected chi connectivity index (χ1v) is 3.96. The van der Waals surface area contributed by atoms with Gasteiger partial charge in [0, 0.05) is 18.6 Å². The van der Waals surface area contributed by atoms with Crippen LogP contribution in [0.3, 0.4) is 0 Å². The molecule has 11 heavy (non-hydrogen) atoms. The smallest absolute Gasteiger partial charge is 0.0657 e. The molecular formula is C8H6NSV-. The molecule has 0 unspecified atom stereocenters. The Kier molecular flexibility index (Phi) is 2.71. The van der Waals surface area contributed by atoms with Gasteiger partial charge in [0.05, 0.1) is 5.51 Å². The fraction of sp³-hybridized carbons (Fsp3) is 0.125. The maximum Gasteiger partial charge on any atom is 0.0657 e. The van der Waals surface area contributed by atoms with Gasteiger partial charge in [-0.2, -0.15) is 29.5 Å². The Morgan fingerprint density at radius 3 is 3.09 bits per heavy atom.